The topological polar surface area (TPSA) is 49.4 Å². The van der Waals surface area contributed by atoms with Crippen molar-refractivity contribution in [2.24, 2.45) is 5.41 Å². The van der Waals surface area contributed by atoms with Crippen LogP contribution in [-0.4, -0.2) is 29.3 Å². The van der Waals surface area contributed by atoms with Crippen molar-refractivity contribution in [3.05, 3.63) is 21.9 Å². The largest absolute Gasteiger partial charge is 0.344 e. The molecule has 1 aliphatic heterocycles. The van der Waals surface area contributed by atoms with E-state index in [1.807, 2.05) is 25.7 Å². The van der Waals surface area contributed by atoms with Crippen molar-refractivity contribution in [1.29, 1.82) is 0 Å². The fraction of sp³-hybridized carbons (Fsp3) is 0.600. The van der Waals surface area contributed by atoms with Crippen LogP contribution in [0.15, 0.2) is 11.4 Å². The van der Waals surface area contributed by atoms with E-state index in [9.17, 15) is 9.59 Å². The van der Waals surface area contributed by atoms with E-state index in [2.05, 4.69) is 16.8 Å². The first kappa shape index (κ1) is 15.0. The highest BCUT2D eigenvalue weighted by Gasteiger charge is 2.29. The third kappa shape index (κ3) is 3.20. The van der Waals surface area contributed by atoms with Crippen LogP contribution in [0.5, 0.6) is 0 Å². The second-order valence-electron chi connectivity index (χ2n) is 6.32. The van der Waals surface area contributed by atoms with Crippen LogP contribution in [0.1, 0.15) is 38.1 Å². The van der Waals surface area contributed by atoms with Crippen LogP contribution in [0.4, 0.5) is 0 Å². The normalized spacial score (nSPS) is 16.5. The maximum Gasteiger partial charge on any atom is 0.245 e. The van der Waals surface area contributed by atoms with Crippen LogP contribution >= 0.6 is 11.3 Å². The monoisotopic (exact) mass is 294 g/mol. The molecule has 1 aromatic heterocycles. The van der Waals surface area contributed by atoms with Crippen molar-refractivity contribution in [3.8, 4) is 0 Å². The quantitative estimate of drug-likeness (QED) is 0.909. The van der Waals surface area contributed by atoms with Gasteiger partial charge in [-0.3, -0.25) is 9.59 Å². The van der Waals surface area contributed by atoms with Gasteiger partial charge in [-0.25, -0.2) is 0 Å². The van der Waals surface area contributed by atoms with Gasteiger partial charge in [0.2, 0.25) is 11.8 Å². The zero-order chi connectivity index (χ0) is 14.9. The van der Waals surface area contributed by atoms with E-state index in [1.54, 1.807) is 18.3 Å². The number of rotatable bonds is 2. The van der Waals surface area contributed by atoms with Crippen molar-refractivity contribution in [2.75, 3.05) is 6.54 Å². The van der Waals surface area contributed by atoms with Crippen molar-refractivity contribution >= 4 is 23.2 Å². The highest BCUT2D eigenvalue weighted by molar-refractivity contribution is 7.10. The number of nitrogens with zero attached hydrogens (tertiary/aromatic N) is 1. The molecule has 0 saturated heterocycles. The molecule has 0 aromatic carbocycles. The number of amides is 2. The number of hydrogen-bond acceptors (Lipinski definition) is 3. The summed E-state index contributed by atoms with van der Waals surface area (Å²) < 4.78 is 0. The molecule has 0 saturated carbocycles. The molecule has 0 unspecified atom stereocenters. The molecule has 5 heteroatoms. The van der Waals surface area contributed by atoms with Gasteiger partial charge in [-0.05, 0) is 30.4 Å². The number of fused-ring (bicyclic) bond motifs is 1. The summed E-state index contributed by atoms with van der Waals surface area (Å²) in [5, 5.41) is 4.88. The van der Waals surface area contributed by atoms with E-state index in [4.69, 9.17) is 0 Å². The summed E-state index contributed by atoms with van der Waals surface area (Å²) in [5.74, 6) is -0.0916. The lowest BCUT2D eigenvalue weighted by Crippen LogP contribution is -2.50. The highest BCUT2D eigenvalue weighted by atomic mass is 32.1. The molecule has 1 aliphatic rings. The minimum atomic E-state index is -0.475. The number of carbonyl (C=O) groups excluding carboxylic acids is 2. The molecule has 2 heterocycles. The second kappa shape index (κ2) is 5.56. The van der Waals surface area contributed by atoms with E-state index in [0.29, 0.717) is 6.54 Å². The van der Waals surface area contributed by atoms with Crippen molar-refractivity contribution in [2.45, 2.75) is 46.7 Å². The maximum atomic E-state index is 12.4. The average Bonchev–Trinajstić information content (AvgIpc) is 2.83. The predicted molar refractivity (Wildman–Crippen MR) is 80.5 cm³/mol. The zero-order valence-corrected chi connectivity index (χ0v) is 13.3. The summed E-state index contributed by atoms with van der Waals surface area (Å²) in [6.07, 6.45) is 0.915. The first-order valence-corrected chi connectivity index (χ1v) is 7.82. The van der Waals surface area contributed by atoms with E-state index in [-0.39, 0.29) is 11.8 Å². The van der Waals surface area contributed by atoms with Gasteiger partial charge in [0, 0.05) is 23.4 Å². The van der Waals surface area contributed by atoms with Gasteiger partial charge in [-0.1, -0.05) is 20.8 Å². The van der Waals surface area contributed by atoms with Crippen LogP contribution in [0.3, 0.4) is 0 Å². The maximum absolute atomic E-state index is 12.4. The minimum absolute atomic E-state index is 0.000509. The summed E-state index contributed by atoms with van der Waals surface area (Å²) in [6.45, 7) is 8.69. The lowest BCUT2D eigenvalue weighted by molar-refractivity contribution is -0.138. The van der Waals surface area contributed by atoms with Crippen LogP contribution in [0.2, 0.25) is 0 Å². The molecule has 0 bridgehead atoms. The molecule has 0 fully saturated rings. The Balaban J connectivity index is 1.97. The Bertz CT molecular complexity index is 516. The molecule has 0 radical (unpaired) electrons. The van der Waals surface area contributed by atoms with Gasteiger partial charge in [0.15, 0.2) is 0 Å². The number of hydrogen-bond donors (Lipinski definition) is 1. The van der Waals surface area contributed by atoms with Crippen LogP contribution in [-0.2, 0) is 22.6 Å². The summed E-state index contributed by atoms with van der Waals surface area (Å²) in [7, 11) is 0. The summed E-state index contributed by atoms with van der Waals surface area (Å²) >= 11 is 1.75. The Kier molecular flexibility index (Phi) is 4.18. The molecule has 1 N–H and O–H groups in total. The highest BCUT2D eigenvalue weighted by Crippen LogP contribution is 2.24. The summed E-state index contributed by atoms with van der Waals surface area (Å²) in [6, 6.07) is 1.61. The standard InChI is InChI=1S/C15H22N2O2S/c1-10(16-14(19)15(2,3)4)13(18)17-7-5-12-11(9-17)6-8-20-12/h6,8,10H,5,7,9H2,1-4H3,(H,16,19)/t10-/m1/s1. The van der Waals surface area contributed by atoms with Gasteiger partial charge in [0.05, 0.1) is 0 Å². The van der Waals surface area contributed by atoms with Crippen molar-refractivity contribution in [3.63, 3.8) is 0 Å². The first-order valence-electron chi connectivity index (χ1n) is 6.94. The fourth-order valence-corrected chi connectivity index (χ4v) is 3.08. The Morgan fingerprint density at radius 3 is 2.75 bits per heavy atom. The summed E-state index contributed by atoms with van der Waals surface area (Å²) in [5.41, 5.74) is 0.765. The molecular formula is C15H22N2O2S. The minimum Gasteiger partial charge on any atom is -0.344 e. The van der Waals surface area contributed by atoms with Crippen LogP contribution in [0, 0.1) is 5.41 Å². The molecule has 4 nitrogen and oxygen atoms in total. The first-order chi connectivity index (χ1) is 9.29. The fourth-order valence-electron chi connectivity index (χ4n) is 2.19. The van der Waals surface area contributed by atoms with Gasteiger partial charge in [0.1, 0.15) is 6.04 Å². The molecule has 0 aliphatic carbocycles. The molecule has 20 heavy (non-hydrogen) atoms. The number of carbonyl (C=O) groups is 2. The van der Waals surface area contributed by atoms with E-state index in [1.165, 1.54) is 10.4 Å². The number of thiophene rings is 1. The van der Waals surface area contributed by atoms with Crippen LogP contribution in [0.25, 0.3) is 0 Å². The predicted octanol–water partition coefficient (Wildman–Crippen LogP) is 2.18. The molecule has 110 valence electrons. The smallest absolute Gasteiger partial charge is 0.245 e. The van der Waals surface area contributed by atoms with Gasteiger partial charge in [-0.2, -0.15) is 0 Å². The Morgan fingerprint density at radius 2 is 2.10 bits per heavy atom. The van der Waals surface area contributed by atoms with Gasteiger partial charge in [0.25, 0.3) is 0 Å². The molecule has 2 rings (SSSR count). The third-order valence-electron chi connectivity index (χ3n) is 3.52. The van der Waals surface area contributed by atoms with Gasteiger partial charge in [-0.15, -0.1) is 11.3 Å². The van der Waals surface area contributed by atoms with Crippen molar-refractivity contribution < 1.29 is 9.59 Å². The Morgan fingerprint density at radius 1 is 1.40 bits per heavy atom. The lowest BCUT2D eigenvalue weighted by Gasteiger charge is -2.30. The molecule has 0 spiro atoms. The van der Waals surface area contributed by atoms with E-state index in [0.717, 1.165) is 13.0 Å². The SMILES string of the molecule is C[C@@H](NC(=O)C(C)(C)C)C(=O)N1CCc2sccc2C1. The van der Waals surface area contributed by atoms with Crippen LogP contribution < -0.4 is 5.32 Å². The molecule has 1 aromatic rings. The zero-order valence-electron chi connectivity index (χ0n) is 12.5. The van der Waals surface area contributed by atoms with Gasteiger partial charge < -0.3 is 10.2 Å². The van der Waals surface area contributed by atoms with E-state index >= 15 is 0 Å². The lowest BCUT2D eigenvalue weighted by atomic mass is 9.95. The van der Waals surface area contributed by atoms with Gasteiger partial charge >= 0.3 is 0 Å². The van der Waals surface area contributed by atoms with E-state index < -0.39 is 11.5 Å². The third-order valence-corrected chi connectivity index (χ3v) is 4.54. The molecule has 2 amide bonds. The average molecular weight is 294 g/mol. The summed E-state index contributed by atoms with van der Waals surface area (Å²) in [4.78, 5) is 27.6. The van der Waals surface area contributed by atoms with Crippen molar-refractivity contribution in [1.82, 2.24) is 10.2 Å². The second-order valence-corrected chi connectivity index (χ2v) is 7.32. The number of nitrogens with one attached hydrogen (secondary N) is 1. The Hall–Kier alpha value is -1.36. The Labute approximate surface area is 124 Å². The molecule has 1 atom stereocenters. The molecular weight excluding hydrogens is 272 g/mol.